The van der Waals surface area contributed by atoms with Gasteiger partial charge in [0.2, 0.25) is 0 Å². The van der Waals surface area contributed by atoms with E-state index in [2.05, 4.69) is 18.9 Å². The second-order valence-corrected chi connectivity index (χ2v) is 9.77. The van der Waals surface area contributed by atoms with Gasteiger partial charge in [-0.1, -0.05) is 55.9 Å². The fourth-order valence-corrected chi connectivity index (χ4v) is 5.26. The summed E-state index contributed by atoms with van der Waals surface area (Å²) in [5.41, 5.74) is 2.57. The Balaban J connectivity index is 1.52. The lowest BCUT2D eigenvalue weighted by molar-refractivity contribution is -0.118. The zero-order chi connectivity index (χ0) is 22.9. The highest BCUT2D eigenvalue weighted by molar-refractivity contribution is 7.22. The van der Waals surface area contributed by atoms with Crippen LogP contribution in [-0.4, -0.2) is 25.2 Å². The van der Waals surface area contributed by atoms with Crippen LogP contribution in [-0.2, 0) is 24.3 Å². The number of thiazole rings is 1. The molecule has 5 rings (SSSR count). The van der Waals surface area contributed by atoms with E-state index in [0.29, 0.717) is 17.6 Å². The monoisotopic (exact) mass is 461 g/mol. The maximum atomic E-state index is 13.6. The number of rotatable bonds is 5. The fourth-order valence-electron chi connectivity index (χ4n) is 4.25. The molecule has 0 N–H and O–H groups in total. The number of para-hydroxylation sites is 1. The minimum Gasteiger partial charge on any atom is -0.279 e. The maximum absolute atomic E-state index is 13.6. The Kier molecular flexibility index (Phi) is 5.85. The van der Waals surface area contributed by atoms with Crippen LogP contribution in [0.3, 0.4) is 0 Å². The molecule has 0 fully saturated rings. The molecule has 0 unspecified atom stereocenters. The molecule has 1 aliphatic rings. The predicted molar refractivity (Wildman–Crippen MR) is 131 cm³/mol. The van der Waals surface area contributed by atoms with E-state index in [-0.39, 0.29) is 18.1 Å². The first-order chi connectivity index (χ1) is 16.0. The molecule has 170 valence electrons. The van der Waals surface area contributed by atoms with Crippen molar-refractivity contribution in [2.75, 3.05) is 4.90 Å². The van der Waals surface area contributed by atoms with E-state index in [0.717, 1.165) is 47.4 Å². The lowest BCUT2D eigenvalue weighted by Crippen LogP contribution is -2.34. The van der Waals surface area contributed by atoms with E-state index in [4.69, 9.17) is 4.98 Å². The lowest BCUT2D eigenvalue weighted by atomic mass is 10.0. The van der Waals surface area contributed by atoms with Crippen LogP contribution in [0.5, 0.6) is 0 Å². The Morgan fingerprint density at radius 2 is 1.88 bits per heavy atom. The summed E-state index contributed by atoms with van der Waals surface area (Å²) in [5, 5.41) is 5.09. The van der Waals surface area contributed by atoms with E-state index in [1.165, 1.54) is 21.6 Å². The highest BCUT2D eigenvalue weighted by atomic mass is 32.1. The lowest BCUT2D eigenvalue weighted by Gasteiger charge is -2.20. The number of amides is 1. The summed E-state index contributed by atoms with van der Waals surface area (Å²) in [5.74, 6) is 0.935. The topological polar surface area (TPSA) is 73.0 Å². The van der Waals surface area contributed by atoms with Crippen molar-refractivity contribution in [1.29, 1.82) is 0 Å². The van der Waals surface area contributed by atoms with Gasteiger partial charge in [0.05, 0.1) is 15.9 Å². The Hall–Kier alpha value is -3.26. The molecule has 1 aliphatic heterocycles. The van der Waals surface area contributed by atoms with Gasteiger partial charge < -0.3 is 0 Å². The average Bonchev–Trinajstić information content (AvgIpc) is 3.25. The molecule has 0 saturated carbocycles. The zero-order valence-corrected chi connectivity index (χ0v) is 19.7. The molecule has 0 atom stereocenters. The summed E-state index contributed by atoms with van der Waals surface area (Å²) in [6.07, 6.45) is 3.85. The third kappa shape index (κ3) is 4.23. The van der Waals surface area contributed by atoms with E-state index in [9.17, 15) is 9.59 Å². The van der Waals surface area contributed by atoms with Crippen LogP contribution in [0.4, 0.5) is 10.8 Å². The van der Waals surface area contributed by atoms with Crippen molar-refractivity contribution in [3.63, 3.8) is 0 Å². The van der Waals surface area contributed by atoms with E-state index >= 15 is 0 Å². The Morgan fingerprint density at radius 3 is 2.64 bits per heavy atom. The average molecular weight is 462 g/mol. The van der Waals surface area contributed by atoms with Crippen LogP contribution in [0.25, 0.3) is 10.2 Å². The molecular weight excluding hydrogens is 434 g/mol. The summed E-state index contributed by atoms with van der Waals surface area (Å²) in [6.45, 7) is 4.82. The van der Waals surface area contributed by atoms with Gasteiger partial charge in [0.1, 0.15) is 12.4 Å². The first kappa shape index (κ1) is 21.6. The molecular formula is C25H27N5O2S. The summed E-state index contributed by atoms with van der Waals surface area (Å²) in [4.78, 5) is 32.9. The van der Waals surface area contributed by atoms with Gasteiger partial charge in [-0.2, -0.15) is 5.10 Å². The van der Waals surface area contributed by atoms with Gasteiger partial charge >= 0.3 is 5.69 Å². The van der Waals surface area contributed by atoms with Crippen molar-refractivity contribution in [2.24, 2.45) is 0 Å². The van der Waals surface area contributed by atoms with Crippen molar-refractivity contribution in [3.05, 3.63) is 70.4 Å². The first-order valence-electron chi connectivity index (χ1n) is 11.5. The molecule has 2 aromatic heterocycles. The summed E-state index contributed by atoms with van der Waals surface area (Å²) >= 11 is 1.46. The Morgan fingerprint density at radius 1 is 1.09 bits per heavy atom. The highest BCUT2D eigenvalue weighted by Gasteiger charge is 2.25. The van der Waals surface area contributed by atoms with Crippen molar-refractivity contribution in [1.82, 2.24) is 19.3 Å². The molecule has 0 aliphatic carbocycles. The van der Waals surface area contributed by atoms with Crippen LogP contribution in [0.1, 0.15) is 50.4 Å². The molecule has 0 spiro atoms. The fraction of sp³-hybridized carbons (Fsp3) is 0.360. The summed E-state index contributed by atoms with van der Waals surface area (Å²) in [7, 11) is 0. The minimum absolute atomic E-state index is 0.124. The first-order valence-corrected chi connectivity index (χ1v) is 12.3. The number of benzene rings is 2. The number of carbonyl (C=O) groups excluding carboxylic acids is 1. The van der Waals surface area contributed by atoms with E-state index in [1.54, 1.807) is 9.47 Å². The Labute approximate surface area is 196 Å². The number of hydrogen-bond acceptors (Lipinski definition) is 5. The summed E-state index contributed by atoms with van der Waals surface area (Å²) in [6, 6.07) is 15.8. The van der Waals surface area contributed by atoms with Gasteiger partial charge in [-0.25, -0.2) is 14.5 Å². The molecule has 1 amide bonds. The smallest absolute Gasteiger partial charge is 0.279 e. The second kappa shape index (κ2) is 8.94. The van der Waals surface area contributed by atoms with Crippen molar-refractivity contribution >= 4 is 38.3 Å². The molecule has 0 saturated heterocycles. The number of aromatic nitrogens is 4. The van der Waals surface area contributed by atoms with Crippen LogP contribution in [0.2, 0.25) is 0 Å². The molecule has 4 aromatic rings. The molecule has 33 heavy (non-hydrogen) atoms. The van der Waals surface area contributed by atoms with Gasteiger partial charge in [0.15, 0.2) is 5.13 Å². The SMILES string of the molecule is CC(C)c1ccc(N(C(=O)Cn2nc3n(c2=O)CCCCC3)c2nc3ccccc3s2)cc1. The number of hydrogen-bond donors (Lipinski definition) is 0. The van der Waals surface area contributed by atoms with Crippen LogP contribution in [0.15, 0.2) is 53.3 Å². The van der Waals surface area contributed by atoms with Gasteiger partial charge in [-0.15, -0.1) is 0 Å². The molecule has 3 heterocycles. The highest BCUT2D eigenvalue weighted by Crippen LogP contribution is 2.34. The zero-order valence-electron chi connectivity index (χ0n) is 18.9. The molecule has 7 nitrogen and oxygen atoms in total. The van der Waals surface area contributed by atoms with Gasteiger partial charge in [0, 0.05) is 13.0 Å². The minimum atomic E-state index is -0.235. The normalized spacial score (nSPS) is 13.8. The van der Waals surface area contributed by atoms with Crippen LogP contribution < -0.4 is 10.6 Å². The maximum Gasteiger partial charge on any atom is 0.346 e. The number of nitrogens with zero attached hydrogens (tertiary/aromatic N) is 5. The van der Waals surface area contributed by atoms with Gasteiger partial charge in [-0.05, 0) is 48.6 Å². The van der Waals surface area contributed by atoms with E-state index < -0.39 is 0 Å². The molecule has 2 aromatic carbocycles. The largest absolute Gasteiger partial charge is 0.346 e. The van der Waals surface area contributed by atoms with Crippen molar-refractivity contribution in [3.8, 4) is 0 Å². The number of carbonyl (C=O) groups is 1. The van der Waals surface area contributed by atoms with Gasteiger partial charge in [-0.3, -0.25) is 14.3 Å². The second-order valence-electron chi connectivity index (χ2n) is 8.76. The van der Waals surface area contributed by atoms with Crippen molar-refractivity contribution < 1.29 is 4.79 Å². The predicted octanol–water partition coefficient (Wildman–Crippen LogP) is 4.87. The van der Waals surface area contributed by atoms with E-state index in [1.807, 2.05) is 48.5 Å². The standard InChI is InChI=1S/C25H27N5O2S/c1-17(2)18-11-13-19(14-12-18)30(24-26-20-8-5-6-9-21(20)33-24)23(31)16-29-25(32)28-15-7-3-4-10-22(28)27-29/h5-6,8-9,11-14,17H,3-4,7,10,15-16H2,1-2H3. The quantitative estimate of drug-likeness (QED) is 0.425. The molecule has 0 radical (unpaired) electrons. The third-order valence-electron chi connectivity index (χ3n) is 6.11. The number of aryl methyl sites for hydroxylation is 1. The van der Waals surface area contributed by atoms with Crippen molar-refractivity contribution in [2.45, 2.75) is 58.5 Å². The van der Waals surface area contributed by atoms with Crippen LogP contribution >= 0.6 is 11.3 Å². The van der Waals surface area contributed by atoms with Crippen LogP contribution in [0, 0.1) is 0 Å². The number of fused-ring (bicyclic) bond motifs is 2. The van der Waals surface area contributed by atoms with Gasteiger partial charge in [0.25, 0.3) is 5.91 Å². The summed E-state index contributed by atoms with van der Waals surface area (Å²) < 4.78 is 4.04. The third-order valence-corrected chi connectivity index (χ3v) is 7.13. The Bertz CT molecular complexity index is 1320. The molecule has 8 heteroatoms. The number of anilines is 2. The molecule has 0 bridgehead atoms.